The molecule has 0 atom stereocenters. The third kappa shape index (κ3) is 2.74. The van der Waals surface area contributed by atoms with Crippen molar-refractivity contribution in [2.75, 3.05) is 7.05 Å². The van der Waals surface area contributed by atoms with E-state index < -0.39 is 0 Å². The first-order valence-corrected chi connectivity index (χ1v) is 4.06. The highest BCUT2D eigenvalue weighted by Gasteiger charge is 2.12. The maximum Gasteiger partial charge on any atom is 0.245 e. The van der Waals surface area contributed by atoms with E-state index in [4.69, 9.17) is 0 Å². The number of amides is 1. The van der Waals surface area contributed by atoms with Crippen molar-refractivity contribution in [1.82, 2.24) is 4.90 Å². The van der Waals surface area contributed by atoms with E-state index in [0.717, 1.165) is 12.8 Å². The summed E-state index contributed by atoms with van der Waals surface area (Å²) >= 11 is 0. The summed E-state index contributed by atoms with van der Waals surface area (Å²) in [5.41, 5.74) is 0. The Bertz CT molecular complexity index is 138. The number of hydrogen-bond donors (Lipinski definition) is 0. The predicted octanol–water partition coefficient (Wildman–Crippen LogP) is 1.82. The zero-order valence-corrected chi connectivity index (χ0v) is 7.63. The van der Waals surface area contributed by atoms with Gasteiger partial charge in [0.1, 0.15) is 0 Å². The van der Waals surface area contributed by atoms with Crippen LogP contribution in [0.3, 0.4) is 0 Å². The molecular formula is C9H17NO. The van der Waals surface area contributed by atoms with Crippen molar-refractivity contribution in [3.63, 3.8) is 0 Å². The highest BCUT2D eigenvalue weighted by Crippen LogP contribution is 2.05. The van der Waals surface area contributed by atoms with Crippen LogP contribution in [0.5, 0.6) is 0 Å². The second-order valence-corrected chi connectivity index (χ2v) is 2.62. The maximum atomic E-state index is 11.1. The average molecular weight is 155 g/mol. The first kappa shape index (κ1) is 10.2. The molecule has 0 aromatic rings. The van der Waals surface area contributed by atoms with Crippen LogP contribution in [0, 0.1) is 0 Å². The largest absolute Gasteiger partial charge is 0.339 e. The minimum Gasteiger partial charge on any atom is -0.339 e. The number of hydrogen-bond acceptors (Lipinski definition) is 1. The van der Waals surface area contributed by atoms with Gasteiger partial charge >= 0.3 is 0 Å². The molecule has 0 heterocycles. The molecule has 0 aromatic carbocycles. The number of likely N-dealkylation sites (N-methyl/N-ethyl adjacent to an activating group) is 1. The molecule has 11 heavy (non-hydrogen) atoms. The maximum absolute atomic E-state index is 11.1. The standard InChI is InChI=1S/C9H17NO/c1-5-8(6-2)10(4)9(11)7-3/h7-8H,3,5-6H2,1-2,4H3. The first-order valence-electron chi connectivity index (χ1n) is 4.06. The van der Waals surface area contributed by atoms with Crippen molar-refractivity contribution < 1.29 is 4.79 Å². The molecular weight excluding hydrogens is 138 g/mol. The van der Waals surface area contributed by atoms with E-state index in [0.29, 0.717) is 6.04 Å². The lowest BCUT2D eigenvalue weighted by Crippen LogP contribution is -2.34. The molecule has 0 spiro atoms. The van der Waals surface area contributed by atoms with Crippen LogP contribution < -0.4 is 0 Å². The van der Waals surface area contributed by atoms with E-state index in [2.05, 4.69) is 20.4 Å². The quantitative estimate of drug-likeness (QED) is 0.567. The highest BCUT2D eigenvalue weighted by molar-refractivity contribution is 5.86. The fraction of sp³-hybridized carbons (Fsp3) is 0.667. The summed E-state index contributed by atoms with van der Waals surface area (Å²) in [6, 6.07) is 0.362. The van der Waals surface area contributed by atoms with E-state index in [1.54, 1.807) is 4.90 Å². The summed E-state index contributed by atoms with van der Waals surface area (Å²) in [5.74, 6) is 0.0127. The van der Waals surface area contributed by atoms with E-state index >= 15 is 0 Å². The minimum atomic E-state index is 0.0127. The van der Waals surface area contributed by atoms with Gasteiger partial charge in [-0.1, -0.05) is 20.4 Å². The SMILES string of the molecule is C=CC(=O)N(C)C(CC)CC. The van der Waals surface area contributed by atoms with Gasteiger partial charge in [0.2, 0.25) is 5.91 Å². The molecule has 2 nitrogen and oxygen atoms in total. The second kappa shape index (κ2) is 4.94. The normalized spacial score (nSPS) is 9.82. The summed E-state index contributed by atoms with van der Waals surface area (Å²) in [6.07, 6.45) is 3.37. The molecule has 0 saturated heterocycles. The van der Waals surface area contributed by atoms with Gasteiger partial charge in [0.05, 0.1) is 0 Å². The van der Waals surface area contributed by atoms with Crippen LogP contribution in [0.4, 0.5) is 0 Å². The van der Waals surface area contributed by atoms with Crippen LogP contribution in [0.25, 0.3) is 0 Å². The number of carbonyl (C=O) groups is 1. The van der Waals surface area contributed by atoms with Crippen LogP contribution in [-0.4, -0.2) is 23.9 Å². The van der Waals surface area contributed by atoms with Gasteiger partial charge in [-0.15, -0.1) is 0 Å². The molecule has 0 rings (SSSR count). The molecule has 0 aliphatic carbocycles. The van der Waals surface area contributed by atoms with Crippen molar-refractivity contribution >= 4 is 5.91 Å². The predicted molar refractivity (Wildman–Crippen MR) is 47.3 cm³/mol. The number of nitrogens with zero attached hydrogens (tertiary/aromatic N) is 1. The zero-order chi connectivity index (χ0) is 8.85. The van der Waals surface area contributed by atoms with Crippen molar-refractivity contribution in [2.45, 2.75) is 32.7 Å². The van der Waals surface area contributed by atoms with Crippen LogP contribution in [0.2, 0.25) is 0 Å². The fourth-order valence-corrected chi connectivity index (χ4v) is 1.16. The molecule has 64 valence electrons. The molecule has 0 radical (unpaired) electrons. The van der Waals surface area contributed by atoms with E-state index in [1.165, 1.54) is 6.08 Å². The Hall–Kier alpha value is -0.790. The van der Waals surface area contributed by atoms with Gasteiger partial charge in [0, 0.05) is 13.1 Å². The monoisotopic (exact) mass is 155 g/mol. The molecule has 0 saturated carbocycles. The Morgan fingerprint density at radius 3 is 2.27 bits per heavy atom. The molecule has 2 heteroatoms. The third-order valence-electron chi connectivity index (χ3n) is 2.01. The fourth-order valence-electron chi connectivity index (χ4n) is 1.16. The highest BCUT2D eigenvalue weighted by atomic mass is 16.2. The smallest absolute Gasteiger partial charge is 0.245 e. The third-order valence-corrected chi connectivity index (χ3v) is 2.01. The van der Waals surface area contributed by atoms with Gasteiger partial charge in [0.15, 0.2) is 0 Å². The summed E-state index contributed by atoms with van der Waals surface area (Å²) in [7, 11) is 1.82. The van der Waals surface area contributed by atoms with Crippen LogP contribution in [-0.2, 0) is 4.79 Å². The molecule has 0 bridgehead atoms. The summed E-state index contributed by atoms with van der Waals surface area (Å²) in [5, 5.41) is 0. The Kier molecular flexibility index (Phi) is 4.59. The Balaban J connectivity index is 4.07. The van der Waals surface area contributed by atoms with Crippen molar-refractivity contribution in [2.24, 2.45) is 0 Å². The van der Waals surface area contributed by atoms with Crippen LogP contribution in [0.1, 0.15) is 26.7 Å². The summed E-state index contributed by atoms with van der Waals surface area (Å²) in [4.78, 5) is 12.8. The Morgan fingerprint density at radius 2 is 2.00 bits per heavy atom. The molecule has 1 amide bonds. The van der Waals surface area contributed by atoms with Crippen LogP contribution in [0.15, 0.2) is 12.7 Å². The molecule has 0 aliphatic heterocycles. The summed E-state index contributed by atoms with van der Waals surface area (Å²) in [6.45, 7) is 7.61. The molecule has 0 unspecified atom stereocenters. The second-order valence-electron chi connectivity index (χ2n) is 2.62. The molecule has 0 fully saturated rings. The minimum absolute atomic E-state index is 0.0127. The van der Waals surface area contributed by atoms with Gasteiger partial charge < -0.3 is 4.90 Å². The Morgan fingerprint density at radius 1 is 1.55 bits per heavy atom. The van der Waals surface area contributed by atoms with Crippen LogP contribution >= 0.6 is 0 Å². The van der Waals surface area contributed by atoms with Gasteiger partial charge in [-0.25, -0.2) is 0 Å². The van der Waals surface area contributed by atoms with Crippen molar-refractivity contribution in [1.29, 1.82) is 0 Å². The van der Waals surface area contributed by atoms with Crippen molar-refractivity contribution in [3.05, 3.63) is 12.7 Å². The van der Waals surface area contributed by atoms with Gasteiger partial charge in [0.25, 0.3) is 0 Å². The topological polar surface area (TPSA) is 20.3 Å². The molecule has 0 aliphatic rings. The summed E-state index contributed by atoms with van der Waals surface area (Å²) < 4.78 is 0. The van der Waals surface area contributed by atoms with E-state index in [9.17, 15) is 4.79 Å². The number of rotatable bonds is 4. The van der Waals surface area contributed by atoms with E-state index in [-0.39, 0.29) is 5.91 Å². The molecule has 0 aromatic heterocycles. The van der Waals surface area contributed by atoms with Gasteiger partial charge in [-0.3, -0.25) is 4.79 Å². The zero-order valence-electron chi connectivity index (χ0n) is 7.63. The van der Waals surface area contributed by atoms with Crippen molar-refractivity contribution in [3.8, 4) is 0 Å². The Labute approximate surface area is 68.9 Å². The lowest BCUT2D eigenvalue weighted by molar-refractivity contribution is -0.126. The number of carbonyl (C=O) groups excluding carboxylic acids is 1. The molecule has 0 N–H and O–H groups in total. The lowest BCUT2D eigenvalue weighted by Gasteiger charge is -2.24. The van der Waals surface area contributed by atoms with Gasteiger partial charge in [-0.2, -0.15) is 0 Å². The average Bonchev–Trinajstić information content (AvgIpc) is 2.05. The first-order chi connectivity index (χ1) is 5.17. The van der Waals surface area contributed by atoms with E-state index in [1.807, 2.05) is 7.05 Å². The van der Waals surface area contributed by atoms with Gasteiger partial charge in [-0.05, 0) is 18.9 Å². The lowest BCUT2D eigenvalue weighted by atomic mass is 10.1.